The van der Waals surface area contributed by atoms with Gasteiger partial charge in [-0.15, -0.1) is 19.7 Å². The van der Waals surface area contributed by atoms with Crippen molar-refractivity contribution in [1.29, 1.82) is 0 Å². The maximum absolute atomic E-state index is 12.2. The molecule has 1 N–H and O–H groups in total. The summed E-state index contributed by atoms with van der Waals surface area (Å²) in [6, 6.07) is 0. The summed E-state index contributed by atoms with van der Waals surface area (Å²) in [5, 5.41) is 9.32. The molecule has 15 heteroatoms. The predicted molar refractivity (Wildman–Crippen MR) is 231 cm³/mol. The second-order valence-corrected chi connectivity index (χ2v) is 17.3. The molecule has 4 fully saturated rings. The fourth-order valence-corrected chi connectivity index (χ4v) is 7.10. The van der Waals surface area contributed by atoms with E-state index in [1.54, 1.807) is 6.08 Å². The molecule has 0 radical (unpaired) electrons. The van der Waals surface area contributed by atoms with Crippen molar-refractivity contribution in [3.63, 3.8) is 0 Å². The maximum atomic E-state index is 12.2. The van der Waals surface area contributed by atoms with Crippen LogP contribution in [0.2, 0.25) is 0 Å². The monoisotopic (exact) mass is 873 g/mol. The number of epoxide rings is 1. The molecule has 4 heterocycles. The Morgan fingerprint density at radius 1 is 0.557 bits per heavy atom. The van der Waals surface area contributed by atoms with E-state index in [9.17, 15) is 14.7 Å². The van der Waals surface area contributed by atoms with Crippen LogP contribution in [-0.2, 0) is 66.4 Å². The fraction of sp³-hybridized carbons (Fsp3) is 0.826. The molecule has 0 amide bonds. The van der Waals surface area contributed by atoms with Gasteiger partial charge in [-0.2, -0.15) is 0 Å². The molecular weight excluding hydrogens is 792 g/mol. The van der Waals surface area contributed by atoms with E-state index >= 15 is 0 Å². The molecule has 4 aliphatic rings. The summed E-state index contributed by atoms with van der Waals surface area (Å²) in [7, 11) is 0. The van der Waals surface area contributed by atoms with E-state index in [2.05, 4.69) is 47.4 Å². The minimum atomic E-state index is -1.03. The van der Waals surface area contributed by atoms with Gasteiger partial charge in [0.2, 0.25) is 0 Å². The molecule has 0 aromatic heterocycles. The number of carbonyl (C=O) groups is 2. The van der Waals surface area contributed by atoms with Gasteiger partial charge in [0.15, 0.2) is 11.6 Å². The average Bonchev–Trinajstić information content (AvgIpc) is 3.96. The van der Waals surface area contributed by atoms with E-state index in [4.69, 9.17) is 56.8 Å². The Bertz CT molecular complexity index is 1270. The smallest absolute Gasteiger partial charge is 0.167 e. The van der Waals surface area contributed by atoms with Gasteiger partial charge in [-0.3, -0.25) is 9.59 Å². The zero-order valence-corrected chi connectivity index (χ0v) is 38.6. The molecule has 1 spiro atoms. The van der Waals surface area contributed by atoms with Crippen molar-refractivity contribution < 1.29 is 71.5 Å². The number of carbonyl (C=O) groups excluding carboxylic acids is 2. The van der Waals surface area contributed by atoms with Crippen LogP contribution in [0.4, 0.5) is 0 Å². The van der Waals surface area contributed by atoms with Crippen molar-refractivity contribution in [2.75, 3.05) is 99.1 Å². The van der Waals surface area contributed by atoms with Gasteiger partial charge in [0.1, 0.15) is 42.2 Å². The third-order valence-corrected chi connectivity index (χ3v) is 9.81. The van der Waals surface area contributed by atoms with E-state index < -0.39 is 35.6 Å². The Kier molecular flexibility index (Phi) is 26.0. The molecule has 4 rings (SSSR count). The molecular formula is C46H80O15. The second kappa shape index (κ2) is 28.8. The van der Waals surface area contributed by atoms with Gasteiger partial charge in [-0.1, -0.05) is 32.1 Å². The highest BCUT2D eigenvalue weighted by atomic mass is 16.7. The molecule has 0 saturated carbocycles. The summed E-state index contributed by atoms with van der Waals surface area (Å²) in [6.07, 6.45) is 5.53. The zero-order chi connectivity index (χ0) is 45.4. The summed E-state index contributed by atoms with van der Waals surface area (Å²) in [5.74, 6) is -0.122. The third kappa shape index (κ3) is 21.5. The van der Waals surface area contributed by atoms with E-state index in [1.165, 1.54) is 6.08 Å². The third-order valence-electron chi connectivity index (χ3n) is 9.81. The van der Waals surface area contributed by atoms with Crippen LogP contribution in [0.25, 0.3) is 0 Å². The number of rotatable bonds is 27. The first-order chi connectivity index (χ1) is 29.0. The summed E-state index contributed by atoms with van der Waals surface area (Å²) in [4.78, 5) is 23.4. The lowest BCUT2D eigenvalue weighted by Crippen LogP contribution is -2.55. The minimum Gasteiger partial charge on any atom is -0.382 e. The molecule has 7 atom stereocenters. The van der Waals surface area contributed by atoms with Crippen LogP contribution < -0.4 is 0 Å². The first-order valence-corrected chi connectivity index (χ1v) is 22.0. The average molecular weight is 873 g/mol. The fourth-order valence-electron chi connectivity index (χ4n) is 7.10. The van der Waals surface area contributed by atoms with E-state index in [1.807, 2.05) is 33.8 Å². The summed E-state index contributed by atoms with van der Waals surface area (Å²) in [5.41, 5.74) is -1.38. The first kappa shape index (κ1) is 55.2. The molecule has 4 saturated heterocycles. The number of Topliss-reactive ketones (excluding diaryl/α,β-unsaturated/α-hetero) is 2. The normalized spacial score (nSPS) is 28.5. The van der Waals surface area contributed by atoms with Gasteiger partial charge in [-0.05, 0) is 54.4 Å². The standard InChI is InChI=1S/C19H34O6.C18H32O6.C9H14O3/c1-5-7-20-8-9-21-10-11-22-12-13-23-17-16(6-2)25-18(3,4)14-19(17)15-24-19;1-5-7-20-8-9-21-10-11-22-12-13-23-17-15(19)14-18(3,4)24-16(17)6-2;1-4-7-8(11)6(10)5-9(2,3)12-7/h6,16-17H,2,5,7-15H2,1,3-4H3;6,16-17H,2,5,7-14H2,1,3-4H3;4,7-8,11H,1,5H2,2-3H3/t16-,17-,19-;16-,17+;7?,8-/m110/s1. The quantitative estimate of drug-likeness (QED) is 0.0651. The summed E-state index contributed by atoms with van der Waals surface area (Å²) in [6.45, 7) is 35.5. The van der Waals surface area contributed by atoms with Crippen molar-refractivity contribution >= 4 is 11.6 Å². The molecule has 15 nitrogen and oxygen atoms in total. The summed E-state index contributed by atoms with van der Waals surface area (Å²) >= 11 is 0. The van der Waals surface area contributed by atoms with Gasteiger partial charge in [0.05, 0.1) is 103 Å². The second-order valence-electron chi connectivity index (χ2n) is 17.3. The molecule has 1 unspecified atom stereocenters. The lowest BCUT2D eigenvalue weighted by molar-refractivity contribution is -0.191. The van der Waals surface area contributed by atoms with Crippen LogP contribution in [0.5, 0.6) is 0 Å². The zero-order valence-electron chi connectivity index (χ0n) is 38.6. The van der Waals surface area contributed by atoms with Gasteiger partial charge in [0, 0.05) is 32.5 Å². The van der Waals surface area contributed by atoms with Crippen LogP contribution in [0.3, 0.4) is 0 Å². The highest BCUT2D eigenvalue weighted by Crippen LogP contribution is 2.47. The molecule has 0 bridgehead atoms. The van der Waals surface area contributed by atoms with Crippen LogP contribution in [-0.4, -0.2) is 175 Å². The van der Waals surface area contributed by atoms with Gasteiger partial charge in [-0.25, -0.2) is 0 Å². The van der Waals surface area contributed by atoms with Crippen molar-refractivity contribution in [3.05, 3.63) is 38.0 Å². The number of ether oxygens (including phenoxy) is 12. The topological polar surface area (TPSA) is 168 Å². The Morgan fingerprint density at radius 2 is 0.934 bits per heavy atom. The number of hydrogen-bond acceptors (Lipinski definition) is 15. The van der Waals surface area contributed by atoms with Crippen molar-refractivity contribution in [3.8, 4) is 0 Å². The van der Waals surface area contributed by atoms with Gasteiger partial charge >= 0.3 is 0 Å². The SMILES string of the molecule is C=CC1OC(C)(C)CC(=O)[C@@H]1O.C=C[C@H]1OC(C)(C)CC(=O)[C@@H]1OCCOCCOCCOCCC.C=C[C@H]1OC(C)(C)C[C@@]2(CO2)[C@@H]1OCCOCCOCCOCCC. The maximum Gasteiger partial charge on any atom is 0.167 e. The lowest BCUT2D eigenvalue weighted by atomic mass is 9.83. The Balaban J connectivity index is 0.000000334. The Morgan fingerprint density at radius 3 is 1.36 bits per heavy atom. The van der Waals surface area contributed by atoms with Crippen molar-refractivity contribution in [2.24, 2.45) is 0 Å². The first-order valence-electron chi connectivity index (χ1n) is 22.0. The lowest BCUT2D eigenvalue weighted by Gasteiger charge is -2.43. The summed E-state index contributed by atoms with van der Waals surface area (Å²) < 4.78 is 67.1. The predicted octanol–water partition coefficient (Wildman–Crippen LogP) is 5.18. The van der Waals surface area contributed by atoms with Crippen molar-refractivity contribution in [1.82, 2.24) is 0 Å². The number of ketones is 2. The van der Waals surface area contributed by atoms with Crippen molar-refractivity contribution in [2.45, 2.75) is 147 Å². The number of aliphatic hydroxyl groups is 1. The number of aliphatic hydroxyl groups excluding tert-OH is 1. The van der Waals surface area contributed by atoms with Gasteiger partial charge in [0.25, 0.3) is 0 Å². The largest absolute Gasteiger partial charge is 0.382 e. The minimum absolute atomic E-state index is 0.0477. The molecule has 0 aromatic rings. The van der Waals surface area contributed by atoms with E-state index in [0.29, 0.717) is 85.7 Å². The Hall–Kier alpha value is -1.96. The molecule has 354 valence electrons. The van der Waals surface area contributed by atoms with Crippen LogP contribution in [0, 0.1) is 0 Å². The van der Waals surface area contributed by atoms with Gasteiger partial charge < -0.3 is 61.9 Å². The molecule has 0 aliphatic carbocycles. The Labute approximate surface area is 366 Å². The molecule has 4 aliphatic heterocycles. The highest BCUT2D eigenvalue weighted by Gasteiger charge is 2.61. The van der Waals surface area contributed by atoms with Crippen LogP contribution >= 0.6 is 0 Å². The highest BCUT2D eigenvalue weighted by molar-refractivity contribution is 5.86. The van der Waals surface area contributed by atoms with E-state index in [-0.39, 0.29) is 41.4 Å². The molecule has 0 aromatic carbocycles. The van der Waals surface area contributed by atoms with E-state index in [0.717, 1.165) is 39.1 Å². The van der Waals surface area contributed by atoms with Crippen LogP contribution in [0.1, 0.15) is 87.5 Å². The molecule has 61 heavy (non-hydrogen) atoms. The number of hydrogen-bond donors (Lipinski definition) is 1. The van der Waals surface area contributed by atoms with Crippen LogP contribution in [0.15, 0.2) is 38.0 Å².